The van der Waals surface area contributed by atoms with E-state index in [-0.39, 0.29) is 0 Å². The van der Waals surface area contributed by atoms with Crippen molar-refractivity contribution >= 4 is 11.8 Å². The van der Waals surface area contributed by atoms with Crippen LogP contribution >= 0.6 is 0 Å². The Morgan fingerprint density at radius 3 is 2.65 bits per heavy atom. The van der Waals surface area contributed by atoms with E-state index in [2.05, 4.69) is 58.4 Å². The Hall–Kier alpha value is -2.18. The lowest BCUT2D eigenvalue weighted by Gasteiger charge is -2.35. The van der Waals surface area contributed by atoms with Crippen molar-refractivity contribution in [2.75, 3.05) is 55.7 Å². The highest BCUT2D eigenvalue weighted by molar-refractivity contribution is 5.47. The first-order chi connectivity index (χ1) is 12.8. The highest BCUT2D eigenvalue weighted by Gasteiger charge is 2.23. The van der Waals surface area contributed by atoms with E-state index in [0.717, 1.165) is 69.8 Å². The van der Waals surface area contributed by atoms with Gasteiger partial charge in [-0.15, -0.1) is 0 Å². The van der Waals surface area contributed by atoms with Gasteiger partial charge in [-0.05, 0) is 12.0 Å². The fourth-order valence-electron chi connectivity index (χ4n) is 3.58. The lowest BCUT2D eigenvalue weighted by molar-refractivity contribution is 0.122. The van der Waals surface area contributed by atoms with Gasteiger partial charge in [0.05, 0.1) is 13.2 Å². The number of anilines is 2. The Morgan fingerprint density at radius 1 is 1.08 bits per heavy atom. The maximum absolute atomic E-state index is 5.47. The molecule has 0 saturated carbocycles. The predicted molar refractivity (Wildman–Crippen MR) is 104 cm³/mol. The van der Waals surface area contributed by atoms with Crippen molar-refractivity contribution in [3.05, 3.63) is 47.7 Å². The molecule has 1 aromatic heterocycles. The number of hydrogen-bond donors (Lipinski definition) is 1. The quantitative estimate of drug-likeness (QED) is 0.908. The second kappa shape index (κ2) is 8.01. The van der Waals surface area contributed by atoms with Gasteiger partial charge in [0, 0.05) is 50.5 Å². The van der Waals surface area contributed by atoms with Gasteiger partial charge in [-0.2, -0.15) is 4.98 Å². The van der Waals surface area contributed by atoms with Crippen LogP contribution in [0.1, 0.15) is 24.2 Å². The summed E-state index contributed by atoms with van der Waals surface area (Å²) in [5.41, 5.74) is 2.43. The van der Waals surface area contributed by atoms with Crippen molar-refractivity contribution < 1.29 is 4.74 Å². The third kappa shape index (κ3) is 3.81. The standard InChI is InChI=1S/C20H27N5O/c1-2-17-14-19(23-20(22-17)24-10-12-26-13-11-24)25-9-8-21-18(15-25)16-6-4-3-5-7-16/h3-7,14,18,21H,2,8-13,15H2,1H3. The van der Waals surface area contributed by atoms with Crippen LogP contribution in [0, 0.1) is 0 Å². The van der Waals surface area contributed by atoms with Gasteiger partial charge in [0.1, 0.15) is 5.82 Å². The van der Waals surface area contributed by atoms with Gasteiger partial charge < -0.3 is 19.9 Å². The van der Waals surface area contributed by atoms with E-state index >= 15 is 0 Å². The van der Waals surface area contributed by atoms with Crippen LogP contribution in [-0.4, -0.2) is 55.9 Å². The van der Waals surface area contributed by atoms with Crippen LogP contribution in [0.25, 0.3) is 0 Å². The number of benzene rings is 1. The second-order valence-electron chi connectivity index (χ2n) is 6.83. The Kier molecular flexibility index (Phi) is 5.32. The van der Waals surface area contributed by atoms with Crippen molar-refractivity contribution in [3.63, 3.8) is 0 Å². The number of hydrogen-bond acceptors (Lipinski definition) is 6. The van der Waals surface area contributed by atoms with E-state index in [4.69, 9.17) is 14.7 Å². The van der Waals surface area contributed by atoms with Crippen molar-refractivity contribution in [2.45, 2.75) is 19.4 Å². The average molecular weight is 353 g/mol. The summed E-state index contributed by atoms with van der Waals surface area (Å²) in [6.07, 6.45) is 0.918. The molecule has 1 aromatic carbocycles. The minimum Gasteiger partial charge on any atom is -0.378 e. The third-order valence-corrected chi connectivity index (χ3v) is 5.11. The van der Waals surface area contributed by atoms with E-state index in [1.165, 1.54) is 5.56 Å². The fourth-order valence-corrected chi connectivity index (χ4v) is 3.58. The van der Waals surface area contributed by atoms with E-state index < -0.39 is 0 Å². The van der Waals surface area contributed by atoms with Crippen LogP contribution in [0.15, 0.2) is 36.4 Å². The molecule has 3 heterocycles. The SMILES string of the molecule is CCc1cc(N2CCNC(c3ccccc3)C2)nc(N2CCOCC2)n1. The molecule has 138 valence electrons. The summed E-state index contributed by atoms with van der Waals surface area (Å²) in [6, 6.07) is 13.1. The number of nitrogens with one attached hydrogen (secondary N) is 1. The minimum atomic E-state index is 0.330. The van der Waals surface area contributed by atoms with Crippen LogP contribution in [0.2, 0.25) is 0 Å². The first-order valence-electron chi connectivity index (χ1n) is 9.57. The number of rotatable bonds is 4. The molecule has 2 saturated heterocycles. The fraction of sp³-hybridized carbons (Fsp3) is 0.500. The predicted octanol–water partition coefficient (Wildman–Crippen LogP) is 2.03. The monoisotopic (exact) mass is 353 g/mol. The number of nitrogens with zero attached hydrogens (tertiary/aromatic N) is 4. The van der Waals surface area contributed by atoms with Crippen molar-refractivity contribution in [1.29, 1.82) is 0 Å². The third-order valence-electron chi connectivity index (χ3n) is 5.11. The van der Waals surface area contributed by atoms with Gasteiger partial charge in [0.2, 0.25) is 5.95 Å². The molecular formula is C20H27N5O. The maximum atomic E-state index is 5.47. The second-order valence-corrected chi connectivity index (χ2v) is 6.83. The molecule has 6 nitrogen and oxygen atoms in total. The smallest absolute Gasteiger partial charge is 0.227 e. The number of aryl methyl sites for hydroxylation is 1. The number of morpholine rings is 1. The highest BCUT2D eigenvalue weighted by atomic mass is 16.5. The Labute approximate surface area is 155 Å². The van der Waals surface area contributed by atoms with Gasteiger partial charge >= 0.3 is 0 Å². The zero-order valence-corrected chi connectivity index (χ0v) is 15.4. The molecule has 0 radical (unpaired) electrons. The first kappa shape index (κ1) is 17.2. The molecule has 0 aliphatic carbocycles. The van der Waals surface area contributed by atoms with E-state index in [1.54, 1.807) is 0 Å². The Balaban J connectivity index is 1.57. The average Bonchev–Trinajstić information content (AvgIpc) is 2.75. The molecule has 0 spiro atoms. The summed E-state index contributed by atoms with van der Waals surface area (Å²) in [7, 11) is 0. The molecular weight excluding hydrogens is 326 g/mol. The van der Waals surface area contributed by atoms with Crippen LogP contribution in [0.5, 0.6) is 0 Å². The van der Waals surface area contributed by atoms with Crippen molar-refractivity contribution in [1.82, 2.24) is 15.3 Å². The van der Waals surface area contributed by atoms with E-state index in [1.807, 2.05) is 0 Å². The Bertz CT molecular complexity index is 717. The van der Waals surface area contributed by atoms with Gasteiger partial charge in [-0.1, -0.05) is 37.3 Å². The summed E-state index contributed by atoms with van der Waals surface area (Å²) >= 11 is 0. The molecule has 6 heteroatoms. The molecule has 26 heavy (non-hydrogen) atoms. The van der Waals surface area contributed by atoms with Gasteiger partial charge in [0.25, 0.3) is 0 Å². The molecule has 2 aliphatic heterocycles. The molecule has 1 unspecified atom stereocenters. The number of piperazine rings is 1. The van der Waals surface area contributed by atoms with Crippen molar-refractivity contribution in [3.8, 4) is 0 Å². The summed E-state index contributed by atoms with van der Waals surface area (Å²) < 4.78 is 5.47. The normalized spacial score (nSPS) is 21.0. The summed E-state index contributed by atoms with van der Waals surface area (Å²) in [4.78, 5) is 14.3. The van der Waals surface area contributed by atoms with Gasteiger partial charge in [-0.25, -0.2) is 4.98 Å². The van der Waals surface area contributed by atoms with Gasteiger partial charge in [0.15, 0.2) is 0 Å². The first-order valence-corrected chi connectivity index (χ1v) is 9.57. The largest absolute Gasteiger partial charge is 0.378 e. The van der Waals surface area contributed by atoms with Crippen LogP contribution < -0.4 is 15.1 Å². The van der Waals surface area contributed by atoms with E-state index in [9.17, 15) is 0 Å². The molecule has 4 rings (SSSR count). The van der Waals surface area contributed by atoms with Gasteiger partial charge in [-0.3, -0.25) is 0 Å². The van der Waals surface area contributed by atoms with Crippen molar-refractivity contribution in [2.24, 2.45) is 0 Å². The van der Waals surface area contributed by atoms with E-state index in [0.29, 0.717) is 6.04 Å². The summed E-state index contributed by atoms with van der Waals surface area (Å²) in [6.45, 7) is 8.22. The number of aromatic nitrogens is 2. The lowest BCUT2D eigenvalue weighted by atomic mass is 10.0. The van der Waals surface area contributed by atoms with Crippen LogP contribution in [0.3, 0.4) is 0 Å². The van der Waals surface area contributed by atoms with Crippen LogP contribution in [0.4, 0.5) is 11.8 Å². The number of ether oxygens (including phenoxy) is 1. The Morgan fingerprint density at radius 2 is 1.88 bits per heavy atom. The molecule has 2 aliphatic rings. The molecule has 0 amide bonds. The minimum absolute atomic E-state index is 0.330. The molecule has 2 aromatic rings. The van der Waals surface area contributed by atoms with Crippen LogP contribution in [-0.2, 0) is 11.2 Å². The zero-order chi connectivity index (χ0) is 17.8. The topological polar surface area (TPSA) is 53.5 Å². The molecule has 2 fully saturated rings. The highest BCUT2D eigenvalue weighted by Crippen LogP contribution is 2.24. The summed E-state index contributed by atoms with van der Waals surface area (Å²) in [5, 5.41) is 3.63. The maximum Gasteiger partial charge on any atom is 0.227 e. The lowest BCUT2D eigenvalue weighted by Crippen LogP contribution is -2.46. The summed E-state index contributed by atoms with van der Waals surface area (Å²) in [5.74, 6) is 1.89. The molecule has 1 atom stereocenters. The molecule has 1 N–H and O–H groups in total. The zero-order valence-electron chi connectivity index (χ0n) is 15.4. The molecule has 0 bridgehead atoms.